The van der Waals surface area contributed by atoms with Crippen LogP contribution in [0.15, 0.2) is 0 Å². The Morgan fingerprint density at radius 2 is 1.76 bits per heavy atom. The highest BCUT2D eigenvalue weighted by molar-refractivity contribution is 5.85. The lowest BCUT2D eigenvalue weighted by Crippen LogP contribution is -2.41. The Kier molecular flexibility index (Phi) is 6.36. The quantitative estimate of drug-likeness (QED) is 0.865. The summed E-state index contributed by atoms with van der Waals surface area (Å²) < 4.78 is 0. The van der Waals surface area contributed by atoms with Crippen molar-refractivity contribution in [3.63, 3.8) is 0 Å². The number of hydrogen-bond donors (Lipinski definition) is 1. The smallest absolute Gasteiger partial charge is 0.225 e. The summed E-state index contributed by atoms with van der Waals surface area (Å²) in [5, 5.41) is 3.26. The molecule has 3 nitrogen and oxygen atoms in total. The average Bonchev–Trinajstić information content (AvgIpc) is 3.29. The molecule has 2 aliphatic carbocycles. The molecule has 1 saturated heterocycles. The van der Waals surface area contributed by atoms with E-state index in [0.29, 0.717) is 11.8 Å². The second-order valence-electron chi connectivity index (χ2n) is 7.23. The molecule has 0 aromatic rings. The topological polar surface area (TPSA) is 32.3 Å². The van der Waals surface area contributed by atoms with Crippen molar-refractivity contribution in [2.45, 2.75) is 51.4 Å². The first-order chi connectivity index (χ1) is 9.79. The maximum atomic E-state index is 12.6. The van der Waals surface area contributed by atoms with Gasteiger partial charge in [0, 0.05) is 19.0 Å². The molecule has 0 spiro atoms. The fourth-order valence-corrected chi connectivity index (χ4v) is 4.46. The van der Waals surface area contributed by atoms with Crippen LogP contribution in [-0.4, -0.2) is 37.5 Å². The van der Waals surface area contributed by atoms with Crippen LogP contribution in [0.2, 0.25) is 0 Å². The second kappa shape index (κ2) is 7.82. The summed E-state index contributed by atoms with van der Waals surface area (Å²) >= 11 is 0. The zero-order valence-electron chi connectivity index (χ0n) is 13.4. The van der Waals surface area contributed by atoms with Crippen molar-refractivity contribution < 1.29 is 4.79 Å². The average molecular weight is 315 g/mol. The lowest BCUT2D eigenvalue weighted by atomic mass is 9.85. The Morgan fingerprint density at radius 3 is 2.38 bits per heavy atom. The molecule has 21 heavy (non-hydrogen) atoms. The number of carbonyl (C=O) groups excluding carboxylic acids is 1. The van der Waals surface area contributed by atoms with Crippen LogP contribution in [0.5, 0.6) is 0 Å². The highest BCUT2D eigenvalue weighted by atomic mass is 35.5. The van der Waals surface area contributed by atoms with Crippen LogP contribution in [-0.2, 0) is 4.79 Å². The van der Waals surface area contributed by atoms with Crippen LogP contribution < -0.4 is 5.32 Å². The van der Waals surface area contributed by atoms with Gasteiger partial charge in [-0.3, -0.25) is 4.79 Å². The van der Waals surface area contributed by atoms with Gasteiger partial charge >= 0.3 is 0 Å². The number of likely N-dealkylation sites (tertiary alicyclic amines) is 1. The lowest BCUT2D eigenvalue weighted by molar-refractivity contribution is -0.134. The van der Waals surface area contributed by atoms with Gasteiger partial charge in [0.1, 0.15) is 0 Å². The molecule has 1 aliphatic heterocycles. The highest BCUT2D eigenvalue weighted by Gasteiger charge is 2.48. The van der Waals surface area contributed by atoms with Crippen molar-refractivity contribution in [3.05, 3.63) is 0 Å². The monoisotopic (exact) mass is 314 g/mol. The number of nitrogens with one attached hydrogen (secondary N) is 1. The predicted octanol–water partition coefficient (Wildman–Crippen LogP) is 3.08. The zero-order chi connectivity index (χ0) is 13.9. The Bertz CT molecular complexity index is 336. The molecule has 1 N–H and O–H groups in total. The Hall–Kier alpha value is -0.280. The van der Waals surface area contributed by atoms with Crippen molar-refractivity contribution in [3.8, 4) is 0 Å². The normalized spacial score (nSPS) is 30.8. The minimum Gasteiger partial charge on any atom is -0.342 e. The number of hydrogen-bond acceptors (Lipinski definition) is 2. The summed E-state index contributed by atoms with van der Waals surface area (Å²) in [7, 11) is 2.02. The number of nitrogens with zero attached hydrogens (tertiary/aromatic N) is 1. The van der Waals surface area contributed by atoms with Gasteiger partial charge in [0.2, 0.25) is 5.91 Å². The number of carbonyl (C=O) groups is 1. The van der Waals surface area contributed by atoms with E-state index in [0.717, 1.165) is 37.4 Å². The van der Waals surface area contributed by atoms with Gasteiger partial charge in [-0.25, -0.2) is 0 Å². The highest BCUT2D eigenvalue weighted by Crippen LogP contribution is 2.50. The van der Waals surface area contributed by atoms with Crippen LogP contribution in [0.1, 0.15) is 51.4 Å². The maximum Gasteiger partial charge on any atom is 0.225 e. The summed E-state index contributed by atoms with van der Waals surface area (Å²) in [4.78, 5) is 14.8. The Labute approximate surface area is 135 Å². The van der Waals surface area contributed by atoms with Gasteiger partial charge in [0.15, 0.2) is 0 Å². The largest absolute Gasteiger partial charge is 0.342 e. The Balaban J connectivity index is 0.00000161. The summed E-state index contributed by atoms with van der Waals surface area (Å²) in [6.45, 7) is 3.11. The lowest BCUT2D eigenvalue weighted by Gasteiger charge is -2.32. The van der Waals surface area contributed by atoms with E-state index in [1.165, 1.54) is 51.4 Å². The molecule has 0 aromatic heterocycles. The summed E-state index contributed by atoms with van der Waals surface area (Å²) in [5.74, 6) is 3.29. The fraction of sp³-hybridized carbons (Fsp3) is 0.941. The molecule has 0 bridgehead atoms. The molecule has 1 heterocycles. The van der Waals surface area contributed by atoms with E-state index >= 15 is 0 Å². The number of piperidine rings is 1. The molecule has 2 atom stereocenters. The van der Waals surface area contributed by atoms with E-state index in [1.807, 2.05) is 7.05 Å². The van der Waals surface area contributed by atoms with Crippen LogP contribution in [0.4, 0.5) is 0 Å². The van der Waals surface area contributed by atoms with E-state index in [2.05, 4.69) is 10.2 Å². The van der Waals surface area contributed by atoms with Gasteiger partial charge in [-0.05, 0) is 50.6 Å². The molecule has 2 unspecified atom stereocenters. The molecule has 1 amide bonds. The fourth-order valence-electron chi connectivity index (χ4n) is 4.46. The molecule has 3 fully saturated rings. The molecular formula is C17H31ClN2O. The van der Waals surface area contributed by atoms with E-state index in [-0.39, 0.29) is 12.4 Å². The van der Waals surface area contributed by atoms with Crippen LogP contribution in [0.25, 0.3) is 0 Å². The number of amides is 1. The molecule has 122 valence electrons. The van der Waals surface area contributed by atoms with Gasteiger partial charge in [0.25, 0.3) is 0 Å². The van der Waals surface area contributed by atoms with E-state index < -0.39 is 0 Å². The standard InChI is InChI=1S/C17H30N2O.ClH/c1-18-12-13-7-9-19(10-8-13)17(20)16-11-15(16)14-5-3-2-4-6-14;/h13-16,18H,2-12H2,1H3;1H. The molecule has 3 aliphatic rings. The third-order valence-electron chi connectivity index (χ3n) is 5.83. The third-order valence-corrected chi connectivity index (χ3v) is 5.83. The van der Waals surface area contributed by atoms with Crippen molar-refractivity contribution in [2.75, 3.05) is 26.7 Å². The van der Waals surface area contributed by atoms with Crippen LogP contribution in [0.3, 0.4) is 0 Å². The van der Waals surface area contributed by atoms with Gasteiger partial charge < -0.3 is 10.2 Å². The maximum absolute atomic E-state index is 12.6. The van der Waals surface area contributed by atoms with Crippen molar-refractivity contribution in [1.82, 2.24) is 10.2 Å². The number of halogens is 1. The molecule has 0 aromatic carbocycles. The van der Waals surface area contributed by atoms with Crippen molar-refractivity contribution in [1.29, 1.82) is 0 Å². The zero-order valence-corrected chi connectivity index (χ0v) is 14.2. The predicted molar refractivity (Wildman–Crippen MR) is 88.7 cm³/mol. The number of rotatable bonds is 4. The first-order valence-corrected chi connectivity index (χ1v) is 8.73. The summed E-state index contributed by atoms with van der Waals surface area (Å²) in [6.07, 6.45) is 10.6. The summed E-state index contributed by atoms with van der Waals surface area (Å²) in [5.41, 5.74) is 0. The van der Waals surface area contributed by atoms with Gasteiger partial charge in [-0.15, -0.1) is 12.4 Å². The SMILES string of the molecule is CNCC1CCN(C(=O)C2CC2C2CCCCC2)CC1.Cl. The molecule has 4 heteroatoms. The van der Waals surface area contributed by atoms with E-state index in [9.17, 15) is 4.79 Å². The van der Waals surface area contributed by atoms with E-state index in [1.54, 1.807) is 0 Å². The third kappa shape index (κ3) is 4.13. The Morgan fingerprint density at radius 1 is 1.10 bits per heavy atom. The first-order valence-electron chi connectivity index (χ1n) is 8.73. The summed E-state index contributed by atoms with van der Waals surface area (Å²) in [6, 6.07) is 0. The molecule has 3 rings (SSSR count). The first kappa shape index (κ1) is 17.1. The van der Waals surface area contributed by atoms with Crippen molar-refractivity contribution >= 4 is 18.3 Å². The minimum absolute atomic E-state index is 0. The molecular weight excluding hydrogens is 284 g/mol. The van der Waals surface area contributed by atoms with Crippen LogP contribution >= 0.6 is 12.4 Å². The van der Waals surface area contributed by atoms with Gasteiger partial charge in [-0.2, -0.15) is 0 Å². The van der Waals surface area contributed by atoms with Crippen molar-refractivity contribution in [2.24, 2.45) is 23.7 Å². The van der Waals surface area contributed by atoms with E-state index in [4.69, 9.17) is 0 Å². The minimum atomic E-state index is 0. The molecule has 2 saturated carbocycles. The van der Waals surface area contributed by atoms with Gasteiger partial charge in [-0.1, -0.05) is 32.1 Å². The van der Waals surface area contributed by atoms with Gasteiger partial charge in [0.05, 0.1) is 0 Å². The molecule has 0 radical (unpaired) electrons. The van der Waals surface area contributed by atoms with Crippen LogP contribution in [0, 0.1) is 23.7 Å². The second-order valence-corrected chi connectivity index (χ2v) is 7.23.